The van der Waals surface area contributed by atoms with Crippen molar-refractivity contribution in [3.63, 3.8) is 0 Å². The maximum Gasteiger partial charge on any atom is 0.352 e. The molecule has 1 aromatic heterocycles. The van der Waals surface area contributed by atoms with Crippen LogP contribution in [0.25, 0.3) is 0 Å². The van der Waals surface area contributed by atoms with Gasteiger partial charge in [0.15, 0.2) is 0 Å². The first-order chi connectivity index (χ1) is 18.6. The van der Waals surface area contributed by atoms with Crippen molar-refractivity contribution >= 4 is 40.5 Å². The lowest BCUT2D eigenvalue weighted by atomic mass is 10.1. The Morgan fingerprint density at radius 2 is 1.72 bits per heavy atom. The van der Waals surface area contributed by atoms with Gasteiger partial charge in [-0.15, -0.1) is 0 Å². The number of aliphatic hydroxyl groups excluding tert-OH is 1. The summed E-state index contributed by atoms with van der Waals surface area (Å²) in [5.74, 6) is -0.265. The Bertz CT molecular complexity index is 1440. The molecule has 3 aromatic carbocycles. The highest BCUT2D eigenvalue weighted by atomic mass is 35.5. The van der Waals surface area contributed by atoms with Crippen LogP contribution in [0.4, 0.5) is 11.4 Å². The molecule has 0 saturated heterocycles. The number of hydrogen-bond donors (Lipinski definition) is 2. The monoisotopic (exact) mass is 566 g/mol. The van der Waals surface area contributed by atoms with Crippen LogP contribution in [0, 0.1) is 13.8 Å². The van der Waals surface area contributed by atoms with Gasteiger partial charge in [0.2, 0.25) is 0 Å². The fraction of sp³-hybridized carbons (Fsp3) is 0.258. The predicted octanol–water partition coefficient (Wildman–Crippen LogP) is 7.97. The second kappa shape index (κ2) is 12.6. The number of anilines is 2. The number of carboxylic acid groups (broad SMARTS) is 1. The molecular formula is C31H32Cl2N2O4. The number of halogens is 2. The van der Waals surface area contributed by atoms with Crippen molar-refractivity contribution in [3.8, 4) is 5.75 Å². The molecule has 0 fully saturated rings. The maximum absolute atomic E-state index is 12.2. The van der Waals surface area contributed by atoms with E-state index in [1.807, 2.05) is 85.6 Å². The first-order valence-electron chi connectivity index (χ1n) is 12.8. The van der Waals surface area contributed by atoms with Crippen LogP contribution in [0.5, 0.6) is 5.75 Å². The Morgan fingerprint density at radius 1 is 1.00 bits per heavy atom. The number of aromatic carboxylic acids is 1. The van der Waals surface area contributed by atoms with E-state index in [4.69, 9.17) is 27.9 Å². The van der Waals surface area contributed by atoms with Crippen molar-refractivity contribution in [3.05, 3.63) is 111 Å². The van der Waals surface area contributed by atoms with Gasteiger partial charge in [-0.05, 0) is 91.9 Å². The largest absolute Gasteiger partial charge is 0.494 e. The van der Waals surface area contributed by atoms with Gasteiger partial charge >= 0.3 is 5.97 Å². The Kier molecular flexibility index (Phi) is 9.23. The zero-order valence-electron chi connectivity index (χ0n) is 22.2. The summed E-state index contributed by atoms with van der Waals surface area (Å²) in [6.07, 6.45) is 1.82. The Labute approximate surface area is 239 Å². The minimum absolute atomic E-state index is 0.186. The van der Waals surface area contributed by atoms with Crippen molar-refractivity contribution in [1.82, 2.24) is 4.57 Å². The molecule has 0 radical (unpaired) electrons. The molecule has 1 atom stereocenters. The summed E-state index contributed by atoms with van der Waals surface area (Å²) in [4.78, 5) is 14.2. The van der Waals surface area contributed by atoms with E-state index in [0.29, 0.717) is 31.1 Å². The Balaban J connectivity index is 1.59. The molecule has 0 aliphatic carbocycles. The number of nitrogens with zero attached hydrogens (tertiary/aromatic N) is 2. The zero-order valence-corrected chi connectivity index (χ0v) is 23.7. The quantitative estimate of drug-likeness (QED) is 0.180. The lowest BCUT2D eigenvalue weighted by molar-refractivity contribution is 0.0684. The van der Waals surface area contributed by atoms with Crippen molar-refractivity contribution in [2.75, 3.05) is 11.5 Å². The Hall–Kier alpha value is -3.45. The van der Waals surface area contributed by atoms with Crippen LogP contribution in [0.1, 0.15) is 52.2 Å². The van der Waals surface area contributed by atoms with Gasteiger partial charge in [-0.1, -0.05) is 47.5 Å². The summed E-state index contributed by atoms with van der Waals surface area (Å²) in [6, 6.07) is 20.7. The van der Waals surface area contributed by atoms with Crippen molar-refractivity contribution < 1.29 is 19.7 Å². The molecule has 0 bridgehead atoms. The fourth-order valence-corrected chi connectivity index (χ4v) is 4.85. The number of rotatable bonds is 11. The number of carboxylic acids is 1. The summed E-state index contributed by atoms with van der Waals surface area (Å²) >= 11 is 12.5. The maximum atomic E-state index is 12.2. The number of aromatic nitrogens is 1. The predicted molar refractivity (Wildman–Crippen MR) is 157 cm³/mol. The smallest absolute Gasteiger partial charge is 0.352 e. The third-order valence-corrected chi connectivity index (χ3v) is 7.36. The lowest BCUT2D eigenvalue weighted by Crippen LogP contribution is -2.16. The molecule has 8 heteroatoms. The van der Waals surface area contributed by atoms with Crippen molar-refractivity contribution in [2.24, 2.45) is 0 Å². The minimum Gasteiger partial charge on any atom is -0.494 e. The standard InChI is InChI=1S/C31H32Cl2N2O4/c1-20-13-28(14-21(2)30(20)33)39-12-6-11-34-19-27(17-29(34)31(37)38)35(18-23-7-4-9-25(32)15-23)26-10-5-8-24(16-26)22(3)36/h4-5,7-10,13-17,19,22,36H,6,11-12,18H2,1-3H3,(H,37,38). The second-order valence-electron chi connectivity index (χ2n) is 9.64. The molecule has 6 nitrogen and oxygen atoms in total. The number of hydrogen-bond acceptors (Lipinski definition) is 4. The highest BCUT2D eigenvalue weighted by molar-refractivity contribution is 6.32. The molecule has 0 aliphatic rings. The third kappa shape index (κ3) is 7.15. The highest BCUT2D eigenvalue weighted by Gasteiger charge is 2.19. The average molecular weight is 568 g/mol. The number of aryl methyl sites for hydroxylation is 3. The summed E-state index contributed by atoms with van der Waals surface area (Å²) in [7, 11) is 0. The lowest BCUT2D eigenvalue weighted by Gasteiger charge is -2.25. The average Bonchev–Trinajstić information content (AvgIpc) is 3.32. The van der Waals surface area contributed by atoms with Crippen LogP contribution in [0.2, 0.25) is 10.0 Å². The molecule has 0 aliphatic heterocycles. The van der Waals surface area contributed by atoms with E-state index < -0.39 is 12.1 Å². The zero-order chi connectivity index (χ0) is 28.1. The van der Waals surface area contributed by atoms with Gasteiger partial charge in [-0.3, -0.25) is 0 Å². The van der Waals surface area contributed by atoms with E-state index in [2.05, 4.69) is 0 Å². The van der Waals surface area contributed by atoms with E-state index in [9.17, 15) is 15.0 Å². The van der Waals surface area contributed by atoms with Crippen LogP contribution < -0.4 is 9.64 Å². The van der Waals surface area contributed by atoms with Gasteiger partial charge < -0.3 is 24.4 Å². The van der Waals surface area contributed by atoms with Crippen LogP contribution in [-0.4, -0.2) is 27.4 Å². The summed E-state index contributed by atoms with van der Waals surface area (Å²) in [6.45, 7) is 6.95. The molecule has 0 amide bonds. The van der Waals surface area contributed by atoms with Crippen LogP contribution in [0.3, 0.4) is 0 Å². The first kappa shape index (κ1) is 28.6. The SMILES string of the molecule is Cc1cc(OCCCn2cc(N(Cc3cccc(Cl)c3)c3cccc(C(C)O)c3)cc2C(=O)O)cc(C)c1Cl. The van der Waals surface area contributed by atoms with E-state index >= 15 is 0 Å². The molecule has 2 N–H and O–H groups in total. The van der Waals surface area contributed by atoms with Gasteiger partial charge in [0.25, 0.3) is 0 Å². The number of carbonyl (C=O) groups is 1. The van der Waals surface area contributed by atoms with Gasteiger partial charge in [0.05, 0.1) is 18.4 Å². The van der Waals surface area contributed by atoms with Crippen LogP contribution in [-0.2, 0) is 13.1 Å². The van der Waals surface area contributed by atoms with E-state index in [1.54, 1.807) is 17.6 Å². The molecule has 4 rings (SSSR count). The molecule has 4 aromatic rings. The van der Waals surface area contributed by atoms with E-state index in [1.165, 1.54) is 0 Å². The van der Waals surface area contributed by atoms with Gasteiger partial charge in [-0.2, -0.15) is 0 Å². The summed E-state index contributed by atoms with van der Waals surface area (Å²) in [5.41, 5.74) is 5.39. The molecular weight excluding hydrogens is 535 g/mol. The highest BCUT2D eigenvalue weighted by Crippen LogP contribution is 2.32. The van der Waals surface area contributed by atoms with Crippen molar-refractivity contribution in [1.29, 1.82) is 0 Å². The summed E-state index contributed by atoms with van der Waals surface area (Å²) < 4.78 is 7.67. The van der Waals surface area contributed by atoms with Crippen LogP contribution >= 0.6 is 23.2 Å². The number of ether oxygens (including phenoxy) is 1. The topological polar surface area (TPSA) is 74.9 Å². The number of benzene rings is 3. The molecule has 0 saturated carbocycles. The Morgan fingerprint density at radius 3 is 2.38 bits per heavy atom. The molecule has 39 heavy (non-hydrogen) atoms. The molecule has 204 valence electrons. The van der Waals surface area contributed by atoms with E-state index in [-0.39, 0.29) is 5.69 Å². The molecule has 1 heterocycles. The fourth-order valence-electron chi connectivity index (χ4n) is 4.52. The normalized spacial score (nSPS) is 11.8. The van der Waals surface area contributed by atoms with Gasteiger partial charge in [0.1, 0.15) is 11.4 Å². The van der Waals surface area contributed by atoms with Crippen LogP contribution in [0.15, 0.2) is 72.9 Å². The first-order valence-corrected chi connectivity index (χ1v) is 13.5. The molecule has 1 unspecified atom stereocenters. The van der Waals surface area contributed by atoms with Gasteiger partial charge in [0, 0.05) is 35.0 Å². The second-order valence-corrected chi connectivity index (χ2v) is 10.5. The van der Waals surface area contributed by atoms with Gasteiger partial charge in [-0.25, -0.2) is 4.79 Å². The molecule has 0 spiro atoms. The summed E-state index contributed by atoms with van der Waals surface area (Å²) in [5, 5.41) is 21.5. The van der Waals surface area contributed by atoms with E-state index in [0.717, 1.165) is 44.4 Å². The minimum atomic E-state index is -1.01. The number of aliphatic hydroxyl groups is 1. The third-order valence-electron chi connectivity index (χ3n) is 6.53. The van der Waals surface area contributed by atoms with Crippen molar-refractivity contribution in [2.45, 2.75) is 46.4 Å².